The van der Waals surface area contributed by atoms with Crippen molar-refractivity contribution in [1.29, 1.82) is 0 Å². The third-order valence-electron chi connectivity index (χ3n) is 14.0. The highest BCUT2D eigenvalue weighted by Crippen LogP contribution is 2.23. The average molecular weight is 1070 g/mol. The number of amides is 1. The molecule has 0 radical (unpaired) electrons. The van der Waals surface area contributed by atoms with Crippen molar-refractivity contribution in [1.82, 2.24) is 5.32 Å². The van der Waals surface area contributed by atoms with E-state index in [1.165, 1.54) is 122 Å². The van der Waals surface area contributed by atoms with Gasteiger partial charge in [-0.2, -0.15) is 0 Å². The molecule has 1 amide bonds. The van der Waals surface area contributed by atoms with Gasteiger partial charge in [0.1, 0.15) is 24.4 Å². The highest BCUT2D eigenvalue weighted by Gasteiger charge is 2.44. The van der Waals surface area contributed by atoms with E-state index >= 15 is 0 Å². The SMILES string of the molecule is CC/C=C\C/C=C\C/C=C\C/C=C\C/C=C\C/C=C\C/C=C\CCCCCC(=O)NC(COC1OC(CO)C(O)C(O)C1O)C(O)/C=C/CC/C=C/CC/C=C/CCCCCCCCCCCCCCCCCCCCC. The molecule has 0 saturated carbocycles. The monoisotopic (exact) mass is 1070 g/mol. The van der Waals surface area contributed by atoms with Crippen molar-refractivity contribution in [2.75, 3.05) is 13.2 Å². The second-order valence-corrected chi connectivity index (χ2v) is 21.1. The van der Waals surface area contributed by atoms with Gasteiger partial charge in [0.2, 0.25) is 5.91 Å². The molecule has 1 aliphatic heterocycles. The molecular formula is C68H115NO8. The zero-order chi connectivity index (χ0) is 55.8. The maximum absolute atomic E-state index is 13.1. The molecular weight excluding hydrogens is 959 g/mol. The third-order valence-corrected chi connectivity index (χ3v) is 14.0. The van der Waals surface area contributed by atoms with Crippen LogP contribution in [0.4, 0.5) is 0 Å². The van der Waals surface area contributed by atoms with Crippen molar-refractivity contribution in [2.24, 2.45) is 0 Å². The Morgan fingerprint density at radius 2 is 0.818 bits per heavy atom. The predicted molar refractivity (Wildman–Crippen MR) is 327 cm³/mol. The molecule has 1 rings (SSSR count). The largest absolute Gasteiger partial charge is 0.394 e. The maximum atomic E-state index is 13.1. The number of ether oxygens (including phenoxy) is 2. The third kappa shape index (κ3) is 45.1. The molecule has 0 aliphatic carbocycles. The molecule has 7 atom stereocenters. The number of allylic oxidation sites excluding steroid dienone is 19. The van der Waals surface area contributed by atoms with Crippen molar-refractivity contribution in [3.8, 4) is 0 Å². The molecule has 0 bridgehead atoms. The number of hydrogen-bond acceptors (Lipinski definition) is 8. The van der Waals surface area contributed by atoms with Gasteiger partial charge in [-0.15, -0.1) is 0 Å². The van der Waals surface area contributed by atoms with E-state index in [4.69, 9.17) is 9.47 Å². The van der Waals surface area contributed by atoms with Crippen molar-refractivity contribution < 1.29 is 39.8 Å². The van der Waals surface area contributed by atoms with Gasteiger partial charge in [0.15, 0.2) is 6.29 Å². The quantitative estimate of drug-likeness (QED) is 0.0261. The van der Waals surface area contributed by atoms with Crippen molar-refractivity contribution >= 4 is 5.91 Å². The van der Waals surface area contributed by atoms with E-state index < -0.39 is 49.5 Å². The Bertz CT molecular complexity index is 1620. The van der Waals surface area contributed by atoms with E-state index in [1.54, 1.807) is 6.08 Å². The first-order valence-electron chi connectivity index (χ1n) is 31.3. The van der Waals surface area contributed by atoms with Gasteiger partial charge in [-0.05, 0) is 103 Å². The van der Waals surface area contributed by atoms with Gasteiger partial charge < -0.3 is 40.3 Å². The lowest BCUT2D eigenvalue weighted by atomic mass is 9.99. The molecule has 7 unspecified atom stereocenters. The van der Waals surface area contributed by atoms with Gasteiger partial charge in [0.25, 0.3) is 0 Å². The first kappa shape index (κ1) is 71.6. The highest BCUT2D eigenvalue weighted by molar-refractivity contribution is 5.76. The highest BCUT2D eigenvalue weighted by atomic mass is 16.7. The number of hydrogen-bond donors (Lipinski definition) is 6. The summed E-state index contributed by atoms with van der Waals surface area (Å²) in [6.07, 6.45) is 77.1. The fourth-order valence-electron chi connectivity index (χ4n) is 9.11. The minimum Gasteiger partial charge on any atom is -0.394 e. The second-order valence-electron chi connectivity index (χ2n) is 21.1. The smallest absolute Gasteiger partial charge is 0.220 e. The Morgan fingerprint density at radius 3 is 1.25 bits per heavy atom. The first-order chi connectivity index (χ1) is 37.8. The van der Waals surface area contributed by atoms with Gasteiger partial charge >= 0.3 is 0 Å². The molecule has 9 heteroatoms. The van der Waals surface area contributed by atoms with E-state index in [9.17, 15) is 30.3 Å². The van der Waals surface area contributed by atoms with Crippen molar-refractivity contribution in [3.63, 3.8) is 0 Å². The Labute approximate surface area is 471 Å². The first-order valence-corrected chi connectivity index (χ1v) is 31.3. The van der Waals surface area contributed by atoms with Crippen LogP contribution in [-0.2, 0) is 14.3 Å². The van der Waals surface area contributed by atoms with E-state index in [0.29, 0.717) is 12.8 Å². The van der Waals surface area contributed by atoms with Crippen LogP contribution in [-0.4, -0.2) is 87.5 Å². The minimum atomic E-state index is -1.59. The summed E-state index contributed by atoms with van der Waals surface area (Å²) in [7, 11) is 0. The number of rotatable bonds is 52. The molecule has 6 N–H and O–H groups in total. The average Bonchev–Trinajstić information content (AvgIpc) is 3.43. The summed E-state index contributed by atoms with van der Waals surface area (Å²) in [5.41, 5.74) is 0. The fraction of sp³-hybridized carbons (Fsp3) is 0.691. The van der Waals surface area contributed by atoms with E-state index in [2.05, 4.69) is 129 Å². The van der Waals surface area contributed by atoms with Crippen LogP contribution in [0.3, 0.4) is 0 Å². The van der Waals surface area contributed by atoms with Gasteiger partial charge in [-0.1, -0.05) is 257 Å². The number of nitrogens with one attached hydrogen (secondary N) is 1. The zero-order valence-corrected chi connectivity index (χ0v) is 48.9. The molecule has 0 spiro atoms. The van der Waals surface area contributed by atoms with Crippen LogP contribution < -0.4 is 5.32 Å². The summed E-state index contributed by atoms with van der Waals surface area (Å²) in [5.74, 6) is -0.226. The topological polar surface area (TPSA) is 149 Å². The standard InChI is InChI=1S/C68H115NO8/c1-3-5-7-9-11-13-15-17-19-21-23-25-27-29-30-31-32-34-35-37-39-41-43-45-47-49-51-53-55-57-62(71)61(60-76-68-67(75)66(74)65(73)63(59-70)77-68)69-64(72)58-56-54-52-50-48-46-44-42-40-38-36-33-28-26-24-22-20-18-16-14-12-10-8-6-4-2/h6,8,12,14,18,20,24,26,33,36,39-42,46-49,55,57,61-63,65-68,70-71,73-75H,3-5,7,9-11,13,15-17,19,21-23,25,27-32,34-35,37-38,43-45,50-54,56,58-60H2,1-2H3,(H,69,72)/b8-6-,14-12-,20-18-,26-24-,36-33-,41-39+,42-40-,48-46-,49-47+,57-55+. The fourth-order valence-corrected chi connectivity index (χ4v) is 9.11. The maximum Gasteiger partial charge on any atom is 0.220 e. The van der Waals surface area contributed by atoms with Crippen LogP contribution in [0.5, 0.6) is 0 Å². The molecule has 1 fully saturated rings. The second kappa shape index (κ2) is 55.9. The van der Waals surface area contributed by atoms with Gasteiger partial charge in [0.05, 0.1) is 25.4 Å². The van der Waals surface area contributed by atoms with Crippen molar-refractivity contribution in [3.05, 3.63) is 122 Å². The summed E-state index contributed by atoms with van der Waals surface area (Å²) in [4.78, 5) is 13.1. The summed E-state index contributed by atoms with van der Waals surface area (Å²) in [6.45, 7) is 3.63. The summed E-state index contributed by atoms with van der Waals surface area (Å²) in [6, 6.07) is -0.857. The Kier molecular flexibility index (Phi) is 52.0. The molecule has 77 heavy (non-hydrogen) atoms. The van der Waals surface area contributed by atoms with Crippen LogP contribution in [0.25, 0.3) is 0 Å². The van der Waals surface area contributed by atoms with Crippen LogP contribution in [0.1, 0.15) is 245 Å². The lowest BCUT2D eigenvalue weighted by Gasteiger charge is -2.40. The molecule has 0 aromatic heterocycles. The number of unbranched alkanes of at least 4 members (excludes halogenated alkanes) is 24. The minimum absolute atomic E-state index is 0.226. The zero-order valence-electron chi connectivity index (χ0n) is 48.9. The van der Waals surface area contributed by atoms with E-state index in [0.717, 1.165) is 89.9 Å². The summed E-state index contributed by atoms with van der Waals surface area (Å²) in [5, 5.41) is 54.6. The van der Waals surface area contributed by atoms with Gasteiger partial charge in [-0.3, -0.25) is 4.79 Å². The van der Waals surface area contributed by atoms with Crippen LogP contribution in [0.15, 0.2) is 122 Å². The lowest BCUT2D eigenvalue weighted by Crippen LogP contribution is -2.60. The molecule has 0 aromatic carbocycles. The van der Waals surface area contributed by atoms with Gasteiger partial charge in [0, 0.05) is 6.42 Å². The normalized spacial score (nSPS) is 19.6. The lowest BCUT2D eigenvalue weighted by molar-refractivity contribution is -0.302. The number of aliphatic hydroxyl groups excluding tert-OH is 5. The van der Waals surface area contributed by atoms with Gasteiger partial charge in [-0.25, -0.2) is 0 Å². The Balaban J connectivity index is 2.28. The Morgan fingerprint density at radius 1 is 0.455 bits per heavy atom. The predicted octanol–water partition coefficient (Wildman–Crippen LogP) is 16.3. The number of aliphatic hydroxyl groups is 5. The number of carbonyl (C=O) groups excluding carboxylic acids is 1. The molecule has 1 aliphatic rings. The van der Waals surface area contributed by atoms with Crippen LogP contribution >= 0.6 is 0 Å². The van der Waals surface area contributed by atoms with Crippen molar-refractivity contribution in [2.45, 2.75) is 288 Å². The molecule has 9 nitrogen and oxygen atoms in total. The molecule has 0 aromatic rings. The van der Waals surface area contributed by atoms with Crippen LogP contribution in [0, 0.1) is 0 Å². The molecule has 440 valence electrons. The van der Waals surface area contributed by atoms with E-state index in [1.807, 2.05) is 6.08 Å². The molecule has 1 saturated heterocycles. The summed E-state index contributed by atoms with van der Waals surface area (Å²) >= 11 is 0. The number of carbonyl (C=O) groups is 1. The molecule has 1 heterocycles. The Hall–Kier alpha value is -3.41. The van der Waals surface area contributed by atoms with E-state index in [-0.39, 0.29) is 18.9 Å². The summed E-state index contributed by atoms with van der Waals surface area (Å²) < 4.78 is 11.3. The van der Waals surface area contributed by atoms with Crippen LogP contribution in [0.2, 0.25) is 0 Å².